The van der Waals surface area contributed by atoms with Crippen molar-refractivity contribution >= 4 is 23.7 Å². The topological polar surface area (TPSA) is 130 Å². The van der Waals surface area contributed by atoms with Gasteiger partial charge in [0.25, 0.3) is 0 Å². The third-order valence-electron chi connectivity index (χ3n) is 4.82. The maximum Gasteiger partial charge on any atom is 0.337 e. The fourth-order valence-corrected chi connectivity index (χ4v) is 3.14. The molecule has 3 N–H and O–H groups in total. The van der Waals surface area contributed by atoms with Crippen LogP contribution in [0.2, 0.25) is 0 Å². The van der Waals surface area contributed by atoms with Crippen LogP contribution in [0, 0.1) is 0 Å². The molecule has 162 valence electrons. The molecular formula is C20H24N8O3. The smallest absolute Gasteiger partial charge is 0.337 e. The predicted molar refractivity (Wildman–Crippen MR) is 114 cm³/mol. The van der Waals surface area contributed by atoms with Gasteiger partial charge < -0.3 is 20.1 Å². The van der Waals surface area contributed by atoms with Gasteiger partial charge in [0.15, 0.2) is 5.82 Å². The van der Waals surface area contributed by atoms with E-state index in [1.807, 2.05) is 18.2 Å². The fourth-order valence-electron chi connectivity index (χ4n) is 3.14. The van der Waals surface area contributed by atoms with Gasteiger partial charge >= 0.3 is 5.97 Å². The molecule has 11 heteroatoms. The van der Waals surface area contributed by atoms with E-state index >= 15 is 0 Å². The first-order valence-corrected chi connectivity index (χ1v) is 9.95. The SMILES string of the molecule is COC(=O)c1ccc(-c2cc(Nc3ncnc(NCCN4CCOCC4)n3)n[nH]2)cc1. The van der Waals surface area contributed by atoms with E-state index < -0.39 is 0 Å². The van der Waals surface area contributed by atoms with Gasteiger partial charge in [0.2, 0.25) is 11.9 Å². The summed E-state index contributed by atoms with van der Waals surface area (Å²) in [6, 6.07) is 8.89. The molecule has 0 atom stereocenters. The van der Waals surface area contributed by atoms with Gasteiger partial charge in [-0.15, -0.1) is 0 Å². The minimum atomic E-state index is -0.372. The molecule has 0 unspecified atom stereocenters. The van der Waals surface area contributed by atoms with E-state index in [2.05, 4.69) is 40.7 Å². The largest absolute Gasteiger partial charge is 0.465 e. The van der Waals surface area contributed by atoms with Crippen LogP contribution in [-0.2, 0) is 9.47 Å². The summed E-state index contributed by atoms with van der Waals surface area (Å²) in [5.41, 5.74) is 2.16. The van der Waals surface area contributed by atoms with Gasteiger partial charge in [-0.2, -0.15) is 10.1 Å². The van der Waals surface area contributed by atoms with Crippen molar-refractivity contribution in [2.75, 3.05) is 57.1 Å². The molecule has 0 amide bonds. The number of nitrogens with zero attached hydrogens (tertiary/aromatic N) is 5. The standard InChI is InChI=1S/C20H24N8O3/c1-30-18(29)15-4-2-14(3-5-15)16-12-17(27-26-16)24-20-23-13-22-19(25-20)21-6-7-28-8-10-31-11-9-28/h2-5,12-13H,6-11H2,1H3,(H3,21,22,23,24,25,26,27). The highest BCUT2D eigenvalue weighted by Crippen LogP contribution is 2.21. The summed E-state index contributed by atoms with van der Waals surface area (Å²) in [6.45, 7) is 5.08. The highest BCUT2D eigenvalue weighted by Gasteiger charge is 2.11. The van der Waals surface area contributed by atoms with Crippen LogP contribution in [0.5, 0.6) is 0 Å². The molecule has 4 rings (SSSR count). The van der Waals surface area contributed by atoms with Crippen LogP contribution >= 0.6 is 0 Å². The maximum atomic E-state index is 11.6. The summed E-state index contributed by atoms with van der Waals surface area (Å²) in [5.74, 6) is 1.09. The molecule has 31 heavy (non-hydrogen) atoms. The van der Waals surface area contributed by atoms with E-state index in [-0.39, 0.29) is 5.97 Å². The lowest BCUT2D eigenvalue weighted by Crippen LogP contribution is -2.39. The van der Waals surface area contributed by atoms with Crippen LogP contribution in [0.4, 0.5) is 17.7 Å². The number of nitrogens with one attached hydrogen (secondary N) is 3. The molecule has 3 heterocycles. The number of hydrogen-bond donors (Lipinski definition) is 3. The summed E-state index contributed by atoms with van der Waals surface area (Å²) in [5, 5.41) is 13.5. The Morgan fingerprint density at radius 1 is 1.19 bits per heavy atom. The summed E-state index contributed by atoms with van der Waals surface area (Å²) in [7, 11) is 1.36. The van der Waals surface area contributed by atoms with E-state index in [9.17, 15) is 4.79 Å². The molecule has 1 saturated heterocycles. The Morgan fingerprint density at radius 3 is 2.74 bits per heavy atom. The van der Waals surface area contributed by atoms with Crippen LogP contribution in [0.25, 0.3) is 11.3 Å². The van der Waals surface area contributed by atoms with Gasteiger partial charge in [-0.1, -0.05) is 12.1 Å². The number of aromatic nitrogens is 5. The van der Waals surface area contributed by atoms with Gasteiger partial charge in [-0.25, -0.2) is 14.8 Å². The molecule has 2 aromatic heterocycles. The highest BCUT2D eigenvalue weighted by molar-refractivity contribution is 5.89. The Labute approximate surface area is 179 Å². The Kier molecular flexibility index (Phi) is 6.65. The normalized spacial score (nSPS) is 14.2. The molecule has 11 nitrogen and oxygen atoms in total. The number of hydrogen-bond acceptors (Lipinski definition) is 10. The second kappa shape index (κ2) is 9.96. The van der Waals surface area contributed by atoms with Gasteiger partial charge in [-0.05, 0) is 17.7 Å². The molecular weight excluding hydrogens is 400 g/mol. The Balaban J connectivity index is 1.34. The first-order chi connectivity index (χ1) is 15.2. The fraction of sp³-hybridized carbons (Fsp3) is 0.350. The molecule has 3 aromatic rings. The lowest BCUT2D eigenvalue weighted by Gasteiger charge is -2.26. The molecule has 0 radical (unpaired) electrons. The van der Waals surface area contributed by atoms with Crippen molar-refractivity contribution in [3.63, 3.8) is 0 Å². The van der Waals surface area contributed by atoms with E-state index in [1.54, 1.807) is 12.1 Å². The highest BCUT2D eigenvalue weighted by atomic mass is 16.5. The Morgan fingerprint density at radius 2 is 1.97 bits per heavy atom. The molecule has 0 aliphatic carbocycles. The van der Waals surface area contributed by atoms with Crippen molar-refractivity contribution in [1.82, 2.24) is 30.0 Å². The number of carbonyl (C=O) groups excluding carboxylic acids is 1. The van der Waals surface area contributed by atoms with E-state index in [0.717, 1.165) is 50.7 Å². The molecule has 1 fully saturated rings. The quantitative estimate of drug-likeness (QED) is 0.458. The number of methoxy groups -OCH3 is 1. The predicted octanol–water partition coefficient (Wildman–Crippen LogP) is 1.54. The van der Waals surface area contributed by atoms with Gasteiger partial charge in [-0.3, -0.25) is 10.00 Å². The van der Waals surface area contributed by atoms with E-state index in [4.69, 9.17) is 9.47 Å². The van der Waals surface area contributed by atoms with E-state index in [0.29, 0.717) is 23.3 Å². The second-order valence-corrected chi connectivity index (χ2v) is 6.87. The van der Waals surface area contributed by atoms with E-state index in [1.165, 1.54) is 13.4 Å². The van der Waals surface area contributed by atoms with Crippen molar-refractivity contribution in [3.05, 3.63) is 42.2 Å². The lowest BCUT2D eigenvalue weighted by molar-refractivity contribution is 0.0398. The molecule has 1 aliphatic rings. The summed E-state index contributed by atoms with van der Waals surface area (Å²) >= 11 is 0. The molecule has 0 bridgehead atoms. The number of carbonyl (C=O) groups is 1. The van der Waals surface area contributed by atoms with Gasteiger partial charge in [0.05, 0.1) is 31.6 Å². The van der Waals surface area contributed by atoms with Crippen LogP contribution < -0.4 is 10.6 Å². The number of aromatic amines is 1. The number of ether oxygens (including phenoxy) is 2. The third kappa shape index (κ3) is 5.53. The molecule has 0 saturated carbocycles. The number of H-pyrrole nitrogens is 1. The van der Waals surface area contributed by atoms with Crippen LogP contribution in [0.1, 0.15) is 10.4 Å². The van der Waals surface area contributed by atoms with Gasteiger partial charge in [0.1, 0.15) is 6.33 Å². The van der Waals surface area contributed by atoms with Gasteiger partial charge in [0, 0.05) is 32.2 Å². The first-order valence-electron chi connectivity index (χ1n) is 9.95. The summed E-state index contributed by atoms with van der Waals surface area (Å²) in [6.07, 6.45) is 1.45. The third-order valence-corrected chi connectivity index (χ3v) is 4.82. The van der Waals surface area contributed by atoms with Crippen molar-refractivity contribution < 1.29 is 14.3 Å². The zero-order valence-electron chi connectivity index (χ0n) is 17.2. The van der Waals surface area contributed by atoms with Crippen molar-refractivity contribution in [3.8, 4) is 11.3 Å². The molecule has 1 aliphatic heterocycles. The Bertz CT molecular complexity index is 1000. The van der Waals surface area contributed by atoms with Crippen LogP contribution in [0.15, 0.2) is 36.7 Å². The van der Waals surface area contributed by atoms with Crippen molar-refractivity contribution in [2.45, 2.75) is 0 Å². The average Bonchev–Trinajstić information content (AvgIpc) is 3.28. The lowest BCUT2D eigenvalue weighted by atomic mass is 10.1. The number of anilines is 3. The van der Waals surface area contributed by atoms with Crippen LogP contribution in [0.3, 0.4) is 0 Å². The summed E-state index contributed by atoms with van der Waals surface area (Å²) in [4.78, 5) is 26.6. The molecule has 1 aromatic carbocycles. The average molecular weight is 424 g/mol. The minimum Gasteiger partial charge on any atom is -0.465 e. The number of benzene rings is 1. The molecule has 0 spiro atoms. The number of esters is 1. The monoisotopic (exact) mass is 424 g/mol. The first kappa shape index (κ1) is 20.7. The zero-order chi connectivity index (χ0) is 21.5. The second-order valence-electron chi connectivity index (χ2n) is 6.87. The summed E-state index contributed by atoms with van der Waals surface area (Å²) < 4.78 is 10.1. The van der Waals surface area contributed by atoms with Crippen molar-refractivity contribution in [1.29, 1.82) is 0 Å². The Hall–Kier alpha value is -3.57. The minimum absolute atomic E-state index is 0.372. The zero-order valence-corrected chi connectivity index (χ0v) is 17.2. The van der Waals surface area contributed by atoms with Crippen LogP contribution in [-0.4, -0.2) is 82.5 Å². The van der Waals surface area contributed by atoms with Crippen molar-refractivity contribution in [2.24, 2.45) is 0 Å². The number of rotatable bonds is 8. The maximum absolute atomic E-state index is 11.6. The number of morpholine rings is 1.